The van der Waals surface area contributed by atoms with E-state index >= 15 is 0 Å². The highest BCUT2D eigenvalue weighted by Crippen LogP contribution is 2.12. The molecule has 0 radical (unpaired) electrons. The van der Waals surface area contributed by atoms with Crippen LogP contribution in [0, 0.1) is 24.7 Å². The number of aryl methyl sites for hydroxylation is 1. The fourth-order valence-corrected chi connectivity index (χ4v) is 1.55. The summed E-state index contributed by atoms with van der Waals surface area (Å²) in [6.45, 7) is 7.84. The quantitative estimate of drug-likeness (QED) is 0.817. The van der Waals surface area contributed by atoms with Gasteiger partial charge in [-0.25, -0.2) is 0 Å². The van der Waals surface area contributed by atoms with Gasteiger partial charge >= 0.3 is 0 Å². The molecule has 1 aromatic carbocycles. The number of aliphatic hydroxyl groups excluding tert-OH is 1. The molecule has 3 nitrogen and oxygen atoms in total. The van der Waals surface area contributed by atoms with E-state index in [1.165, 1.54) is 0 Å². The molecular formula is C16H21NO2. The smallest absolute Gasteiger partial charge is 0.252 e. The molecule has 1 amide bonds. The molecule has 0 spiro atoms. The number of amides is 1. The Hall–Kier alpha value is -1.79. The Labute approximate surface area is 115 Å². The summed E-state index contributed by atoms with van der Waals surface area (Å²) >= 11 is 0. The minimum Gasteiger partial charge on any atom is -0.384 e. The molecule has 1 unspecified atom stereocenters. The molecule has 0 fully saturated rings. The van der Waals surface area contributed by atoms with Crippen LogP contribution in [0.15, 0.2) is 18.2 Å². The van der Waals surface area contributed by atoms with Gasteiger partial charge in [0, 0.05) is 11.6 Å². The minimum atomic E-state index is -0.211. The number of hydrogen-bond donors (Lipinski definition) is 2. The summed E-state index contributed by atoms with van der Waals surface area (Å²) in [4.78, 5) is 12.2. The molecule has 0 aliphatic carbocycles. The first-order chi connectivity index (χ1) is 8.95. The first-order valence-corrected chi connectivity index (χ1v) is 6.47. The van der Waals surface area contributed by atoms with E-state index in [1.54, 1.807) is 6.07 Å². The Morgan fingerprint density at radius 3 is 2.63 bits per heavy atom. The third-order valence-electron chi connectivity index (χ3n) is 3.08. The summed E-state index contributed by atoms with van der Waals surface area (Å²) in [5.41, 5.74) is 2.25. The SMILES string of the molecule is Cc1ccc(C(=O)NC(C)C(C)C)c(C#CCO)c1. The van der Waals surface area contributed by atoms with Gasteiger partial charge in [-0.2, -0.15) is 0 Å². The summed E-state index contributed by atoms with van der Waals surface area (Å²) < 4.78 is 0. The maximum atomic E-state index is 12.2. The van der Waals surface area contributed by atoms with Gasteiger partial charge in [0.05, 0.1) is 5.56 Å². The number of hydrogen-bond acceptors (Lipinski definition) is 2. The summed E-state index contributed by atoms with van der Waals surface area (Å²) in [5.74, 6) is 5.67. The molecule has 0 bridgehead atoms. The number of aliphatic hydroxyl groups is 1. The lowest BCUT2D eigenvalue weighted by Crippen LogP contribution is -2.36. The predicted molar refractivity (Wildman–Crippen MR) is 76.9 cm³/mol. The minimum absolute atomic E-state index is 0.104. The molecule has 0 aliphatic rings. The number of carbonyl (C=O) groups is 1. The van der Waals surface area contributed by atoms with Gasteiger partial charge in [-0.05, 0) is 37.5 Å². The zero-order valence-corrected chi connectivity index (χ0v) is 11.9. The third-order valence-corrected chi connectivity index (χ3v) is 3.08. The first-order valence-electron chi connectivity index (χ1n) is 6.47. The van der Waals surface area contributed by atoms with E-state index in [4.69, 9.17) is 5.11 Å². The molecule has 0 aromatic heterocycles. The van der Waals surface area contributed by atoms with Crippen molar-refractivity contribution in [3.8, 4) is 11.8 Å². The van der Waals surface area contributed by atoms with Crippen molar-refractivity contribution < 1.29 is 9.90 Å². The van der Waals surface area contributed by atoms with E-state index < -0.39 is 0 Å². The largest absolute Gasteiger partial charge is 0.384 e. The van der Waals surface area contributed by atoms with Gasteiger partial charge in [0.15, 0.2) is 0 Å². The van der Waals surface area contributed by atoms with Crippen molar-refractivity contribution in [3.05, 3.63) is 34.9 Å². The average Bonchev–Trinajstić information content (AvgIpc) is 2.35. The fourth-order valence-electron chi connectivity index (χ4n) is 1.55. The number of nitrogens with one attached hydrogen (secondary N) is 1. The van der Waals surface area contributed by atoms with Crippen LogP contribution in [0.25, 0.3) is 0 Å². The molecule has 0 aliphatic heterocycles. The van der Waals surface area contributed by atoms with Crippen molar-refractivity contribution in [2.45, 2.75) is 33.7 Å². The highest BCUT2D eigenvalue weighted by molar-refractivity contribution is 5.97. The summed E-state index contributed by atoms with van der Waals surface area (Å²) in [5, 5.41) is 11.7. The van der Waals surface area contributed by atoms with Gasteiger partial charge in [-0.15, -0.1) is 0 Å². The lowest BCUT2D eigenvalue weighted by molar-refractivity contribution is 0.0930. The van der Waals surface area contributed by atoms with Crippen molar-refractivity contribution in [3.63, 3.8) is 0 Å². The molecule has 1 atom stereocenters. The number of benzene rings is 1. The average molecular weight is 259 g/mol. The Morgan fingerprint density at radius 2 is 2.05 bits per heavy atom. The van der Waals surface area contributed by atoms with Crippen molar-refractivity contribution in [2.24, 2.45) is 5.92 Å². The Balaban J connectivity index is 3.02. The normalized spacial score (nSPS) is 11.7. The van der Waals surface area contributed by atoms with Crippen LogP contribution < -0.4 is 5.32 Å². The second-order valence-corrected chi connectivity index (χ2v) is 5.02. The van der Waals surface area contributed by atoms with Crippen LogP contribution in [0.3, 0.4) is 0 Å². The molecule has 2 N–H and O–H groups in total. The van der Waals surface area contributed by atoms with E-state index in [2.05, 4.69) is 31.0 Å². The Bertz CT molecular complexity index is 509. The maximum absolute atomic E-state index is 12.2. The van der Waals surface area contributed by atoms with Crippen LogP contribution in [0.4, 0.5) is 0 Å². The molecule has 102 valence electrons. The van der Waals surface area contributed by atoms with Gasteiger partial charge in [-0.1, -0.05) is 31.8 Å². The molecule has 0 saturated heterocycles. The van der Waals surface area contributed by atoms with Gasteiger partial charge in [0.25, 0.3) is 5.91 Å². The zero-order valence-electron chi connectivity index (χ0n) is 11.9. The van der Waals surface area contributed by atoms with Crippen LogP contribution >= 0.6 is 0 Å². The molecule has 1 aromatic rings. The van der Waals surface area contributed by atoms with Gasteiger partial charge < -0.3 is 10.4 Å². The highest BCUT2D eigenvalue weighted by atomic mass is 16.2. The molecule has 0 heterocycles. The van der Waals surface area contributed by atoms with Crippen molar-refractivity contribution >= 4 is 5.91 Å². The summed E-state index contributed by atoms with van der Waals surface area (Å²) in [7, 11) is 0. The monoisotopic (exact) mass is 259 g/mol. The Kier molecular flexibility index (Phi) is 5.59. The van der Waals surface area contributed by atoms with Crippen molar-refractivity contribution in [1.82, 2.24) is 5.32 Å². The van der Waals surface area contributed by atoms with E-state index in [0.717, 1.165) is 5.56 Å². The lowest BCUT2D eigenvalue weighted by Gasteiger charge is -2.18. The summed E-state index contributed by atoms with van der Waals surface area (Å²) in [6.07, 6.45) is 0. The standard InChI is InChI=1S/C16H21NO2/c1-11(2)13(4)17-16(19)15-8-7-12(3)10-14(15)6-5-9-18/h7-8,10-11,13,18H,9H2,1-4H3,(H,17,19). The first kappa shape index (κ1) is 15.3. The second-order valence-electron chi connectivity index (χ2n) is 5.02. The topological polar surface area (TPSA) is 49.3 Å². The molecule has 3 heteroatoms. The van der Waals surface area contributed by atoms with Crippen LogP contribution in [-0.4, -0.2) is 23.7 Å². The Morgan fingerprint density at radius 1 is 1.37 bits per heavy atom. The highest BCUT2D eigenvalue weighted by Gasteiger charge is 2.15. The van der Waals surface area contributed by atoms with Gasteiger partial charge in [0.2, 0.25) is 0 Å². The predicted octanol–water partition coefficient (Wildman–Crippen LogP) is 2.11. The molecule has 19 heavy (non-hydrogen) atoms. The van der Waals surface area contributed by atoms with E-state index in [-0.39, 0.29) is 18.6 Å². The summed E-state index contributed by atoms with van der Waals surface area (Å²) in [6, 6.07) is 5.63. The molecule has 1 rings (SSSR count). The van der Waals surface area contributed by atoms with Gasteiger partial charge in [0.1, 0.15) is 6.61 Å². The van der Waals surface area contributed by atoms with Crippen LogP contribution in [-0.2, 0) is 0 Å². The second kappa shape index (κ2) is 6.96. The van der Waals surface area contributed by atoms with Crippen molar-refractivity contribution in [1.29, 1.82) is 0 Å². The van der Waals surface area contributed by atoms with Crippen molar-refractivity contribution in [2.75, 3.05) is 6.61 Å². The lowest BCUT2D eigenvalue weighted by atomic mass is 10.0. The number of rotatable bonds is 3. The molecular weight excluding hydrogens is 238 g/mol. The number of carbonyl (C=O) groups excluding carboxylic acids is 1. The maximum Gasteiger partial charge on any atom is 0.252 e. The van der Waals surface area contributed by atoms with E-state index in [1.807, 2.05) is 26.0 Å². The zero-order chi connectivity index (χ0) is 14.4. The van der Waals surface area contributed by atoms with E-state index in [0.29, 0.717) is 17.0 Å². The third kappa shape index (κ3) is 4.42. The molecule has 0 saturated carbocycles. The van der Waals surface area contributed by atoms with Gasteiger partial charge in [-0.3, -0.25) is 4.79 Å². The van der Waals surface area contributed by atoms with Crippen LogP contribution in [0.5, 0.6) is 0 Å². The van der Waals surface area contributed by atoms with Crippen LogP contribution in [0.1, 0.15) is 42.3 Å². The van der Waals surface area contributed by atoms with E-state index in [9.17, 15) is 4.79 Å². The van der Waals surface area contributed by atoms with Crippen LogP contribution in [0.2, 0.25) is 0 Å². The fraction of sp³-hybridized carbons (Fsp3) is 0.438.